The Balaban J connectivity index is 1.77. The molecule has 31 heavy (non-hydrogen) atoms. The van der Waals surface area contributed by atoms with Crippen molar-refractivity contribution in [1.82, 2.24) is 10.6 Å². The Bertz CT molecular complexity index is 1190. The van der Waals surface area contributed by atoms with Gasteiger partial charge in [-0.3, -0.25) is 9.59 Å². The van der Waals surface area contributed by atoms with Gasteiger partial charge in [-0.1, -0.05) is 23.7 Å². The molecule has 0 unspecified atom stereocenters. The highest BCUT2D eigenvalue weighted by atomic mass is 35.5. The maximum absolute atomic E-state index is 12.5. The number of halogens is 1. The van der Waals surface area contributed by atoms with Gasteiger partial charge in [0.25, 0.3) is 0 Å². The lowest BCUT2D eigenvalue weighted by Gasteiger charge is -2.14. The summed E-state index contributed by atoms with van der Waals surface area (Å²) < 4.78 is 11.7. The smallest absolute Gasteiger partial charge is 0.325 e. The second-order valence-corrected chi connectivity index (χ2v) is 7.31. The third-order valence-electron chi connectivity index (χ3n) is 4.47. The zero-order valence-electron chi connectivity index (χ0n) is 16.9. The molecule has 0 bridgehead atoms. The summed E-state index contributed by atoms with van der Waals surface area (Å²) >= 11 is 6.19. The summed E-state index contributed by atoms with van der Waals surface area (Å²) in [6.07, 6.45) is 0. The van der Waals surface area contributed by atoms with Crippen LogP contribution in [0.4, 0.5) is 4.79 Å². The molecule has 9 heteroatoms. The maximum Gasteiger partial charge on any atom is 0.325 e. The summed E-state index contributed by atoms with van der Waals surface area (Å²) in [6, 6.07) is 10.2. The molecule has 8 nitrogen and oxygen atoms in total. The molecule has 162 valence electrons. The Morgan fingerprint density at radius 2 is 2.00 bits per heavy atom. The Morgan fingerprint density at radius 1 is 1.23 bits per heavy atom. The van der Waals surface area contributed by atoms with Crippen LogP contribution in [-0.4, -0.2) is 36.3 Å². The number of carboxylic acids is 1. The second-order valence-electron chi connectivity index (χ2n) is 6.90. The fraction of sp³-hybridized carbons (Fsp3) is 0.227. The van der Waals surface area contributed by atoms with Crippen LogP contribution < -0.4 is 20.8 Å². The van der Waals surface area contributed by atoms with Gasteiger partial charge in [0.15, 0.2) is 11.0 Å². The molecule has 0 fully saturated rings. The van der Waals surface area contributed by atoms with Gasteiger partial charge < -0.3 is 24.9 Å². The molecule has 0 aliphatic heterocycles. The van der Waals surface area contributed by atoms with E-state index in [2.05, 4.69) is 10.6 Å². The van der Waals surface area contributed by atoms with Gasteiger partial charge >= 0.3 is 12.0 Å². The molecule has 3 rings (SSSR count). The number of aryl methyl sites for hydroxylation is 1. The van der Waals surface area contributed by atoms with Crippen molar-refractivity contribution in [3.8, 4) is 17.1 Å². The zero-order chi connectivity index (χ0) is 22.5. The van der Waals surface area contributed by atoms with Gasteiger partial charge in [0.2, 0.25) is 0 Å². The SMILES string of the molecule is Cc1ccc(-c2cc(=O)c3cccc(Cl)c3o2)c(OCCNC(=O)N[C@@H](C)C(=O)O)c1. The monoisotopic (exact) mass is 444 g/mol. The lowest BCUT2D eigenvalue weighted by Crippen LogP contribution is -2.45. The second kappa shape index (κ2) is 9.53. The van der Waals surface area contributed by atoms with Crippen molar-refractivity contribution < 1.29 is 23.8 Å². The van der Waals surface area contributed by atoms with E-state index >= 15 is 0 Å². The average Bonchev–Trinajstić information content (AvgIpc) is 2.72. The lowest BCUT2D eigenvalue weighted by atomic mass is 10.1. The topological polar surface area (TPSA) is 118 Å². The number of benzene rings is 2. The van der Waals surface area contributed by atoms with E-state index in [4.69, 9.17) is 25.9 Å². The van der Waals surface area contributed by atoms with Gasteiger partial charge in [-0.05, 0) is 43.7 Å². The van der Waals surface area contributed by atoms with Crippen LogP contribution in [0, 0.1) is 6.92 Å². The van der Waals surface area contributed by atoms with E-state index in [0.29, 0.717) is 33.1 Å². The van der Waals surface area contributed by atoms with E-state index < -0.39 is 18.0 Å². The lowest BCUT2D eigenvalue weighted by molar-refractivity contribution is -0.138. The van der Waals surface area contributed by atoms with Crippen molar-refractivity contribution >= 4 is 34.6 Å². The Kier molecular flexibility index (Phi) is 6.81. The number of ether oxygens (including phenoxy) is 1. The zero-order valence-corrected chi connectivity index (χ0v) is 17.7. The molecule has 0 aliphatic carbocycles. The number of urea groups is 1. The van der Waals surface area contributed by atoms with Crippen molar-refractivity contribution in [2.75, 3.05) is 13.2 Å². The van der Waals surface area contributed by atoms with Crippen molar-refractivity contribution in [2.24, 2.45) is 0 Å². The van der Waals surface area contributed by atoms with Crippen LogP contribution in [0.25, 0.3) is 22.3 Å². The molecular formula is C22H21ClN2O6. The number of carboxylic acid groups (broad SMARTS) is 1. The first-order valence-electron chi connectivity index (χ1n) is 9.49. The van der Waals surface area contributed by atoms with E-state index in [-0.39, 0.29) is 18.6 Å². The van der Waals surface area contributed by atoms with Crippen molar-refractivity contribution in [1.29, 1.82) is 0 Å². The van der Waals surface area contributed by atoms with E-state index in [1.54, 1.807) is 30.3 Å². The summed E-state index contributed by atoms with van der Waals surface area (Å²) in [5, 5.41) is 14.3. The molecule has 3 aromatic rings. The minimum absolute atomic E-state index is 0.115. The van der Waals surface area contributed by atoms with Gasteiger partial charge in [0.1, 0.15) is 24.2 Å². The average molecular weight is 445 g/mol. The fourth-order valence-corrected chi connectivity index (χ4v) is 3.08. The van der Waals surface area contributed by atoms with Crippen LogP contribution in [0.5, 0.6) is 5.75 Å². The molecule has 1 heterocycles. The van der Waals surface area contributed by atoms with E-state index in [0.717, 1.165) is 5.56 Å². The highest BCUT2D eigenvalue weighted by Crippen LogP contribution is 2.33. The number of amides is 2. The van der Waals surface area contributed by atoms with Crippen molar-refractivity contribution in [2.45, 2.75) is 19.9 Å². The number of nitrogens with one attached hydrogen (secondary N) is 2. The molecular weight excluding hydrogens is 424 g/mol. The third kappa shape index (κ3) is 5.35. The summed E-state index contributed by atoms with van der Waals surface area (Å²) in [7, 11) is 0. The number of carbonyl (C=O) groups is 2. The number of aliphatic carboxylic acids is 1. The van der Waals surface area contributed by atoms with Crippen LogP contribution in [0.15, 0.2) is 51.7 Å². The van der Waals surface area contributed by atoms with Crippen LogP contribution in [0.3, 0.4) is 0 Å². The Hall–Kier alpha value is -3.52. The number of hydrogen-bond acceptors (Lipinski definition) is 5. The van der Waals surface area contributed by atoms with Crippen LogP contribution in [0.2, 0.25) is 5.02 Å². The van der Waals surface area contributed by atoms with Crippen LogP contribution >= 0.6 is 11.6 Å². The van der Waals surface area contributed by atoms with E-state index in [9.17, 15) is 14.4 Å². The molecule has 0 aliphatic rings. The first-order valence-corrected chi connectivity index (χ1v) is 9.87. The molecule has 0 spiro atoms. The molecule has 0 saturated heterocycles. The van der Waals surface area contributed by atoms with Gasteiger partial charge in [-0.2, -0.15) is 0 Å². The fourth-order valence-electron chi connectivity index (χ4n) is 2.86. The van der Waals surface area contributed by atoms with Gasteiger partial charge in [-0.25, -0.2) is 4.79 Å². The largest absolute Gasteiger partial charge is 0.491 e. The molecule has 2 amide bonds. The minimum Gasteiger partial charge on any atom is -0.491 e. The molecule has 1 atom stereocenters. The number of fused-ring (bicyclic) bond motifs is 1. The van der Waals surface area contributed by atoms with Crippen molar-refractivity contribution in [3.63, 3.8) is 0 Å². The Labute approximate surface area is 182 Å². The highest BCUT2D eigenvalue weighted by Gasteiger charge is 2.15. The third-order valence-corrected chi connectivity index (χ3v) is 4.77. The van der Waals surface area contributed by atoms with Crippen LogP contribution in [0.1, 0.15) is 12.5 Å². The molecule has 2 aromatic carbocycles. The standard InChI is InChI=1S/C22H21ClN2O6/c1-12-6-7-15(19-11-17(26)14-4-3-5-16(23)20(14)31-19)18(10-12)30-9-8-24-22(29)25-13(2)21(27)28/h3-7,10-11,13H,8-9H2,1-2H3,(H,27,28)(H2,24,25,29)/t13-/m0/s1. The number of para-hydroxylation sites is 1. The van der Waals surface area contributed by atoms with Gasteiger partial charge in [-0.15, -0.1) is 0 Å². The number of hydrogen-bond donors (Lipinski definition) is 3. The summed E-state index contributed by atoms with van der Waals surface area (Å²) in [5.74, 6) is -0.356. The quantitative estimate of drug-likeness (QED) is 0.479. The maximum atomic E-state index is 12.5. The van der Waals surface area contributed by atoms with Crippen LogP contribution in [-0.2, 0) is 4.79 Å². The predicted molar refractivity (Wildman–Crippen MR) is 117 cm³/mol. The highest BCUT2D eigenvalue weighted by molar-refractivity contribution is 6.34. The summed E-state index contributed by atoms with van der Waals surface area (Å²) in [4.78, 5) is 35.0. The summed E-state index contributed by atoms with van der Waals surface area (Å²) in [5.41, 5.74) is 1.56. The van der Waals surface area contributed by atoms with Crippen molar-refractivity contribution in [3.05, 3.63) is 63.3 Å². The van der Waals surface area contributed by atoms with Gasteiger partial charge in [0, 0.05) is 6.07 Å². The van der Waals surface area contributed by atoms with E-state index in [1.807, 2.05) is 13.0 Å². The normalized spacial score (nSPS) is 11.7. The Morgan fingerprint density at radius 3 is 2.74 bits per heavy atom. The minimum atomic E-state index is -1.13. The number of carbonyl (C=O) groups excluding carboxylic acids is 1. The van der Waals surface area contributed by atoms with Gasteiger partial charge in [0.05, 0.1) is 22.5 Å². The first-order chi connectivity index (χ1) is 14.8. The molecule has 0 radical (unpaired) electrons. The van der Waals surface area contributed by atoms with E-state index in [1.165, 1.54) is 13.0 Å². The first kappa shape index (κ1) is 22.2. The number of rotatable bonds is 7. The molecule has 1 aromatic heterocycles. The molecule has 0 saturated carbocycles. The predicted octanol–water partition coefficient (Wildman–Crippen LogP) is 3.57. The molecule has 3 N–H and O–H groups in total. The summed E-state index contributed by atoms with van der Waals surface area (Å²) in [6.45, 7) is 3.51.